The van der Waals surface area contributed by atoms with Crippen LogP contribution in [0.4, 0.5) is 8.78 Å². The van der Waals surface area contributed by atoms with Crippen molar-refractivity contribution in [3.63, 3.8) is 0 Å². The smallest absolute Gasteiger partial charge is 0.150 e. The lowest BCUT2D eigenvalue weighted by atomic mass is 10.0. The Bertz CT molecular complexity index is 1220. The fourth-order valence-electron chi connectivity index (χ4n) is 3.69. The standard InChI is InChI=1S/C25H24F2N2O5/c1-15(31)25-28-8-9-29(25)17(12-30)4-2-16-3-6-19(21(26)10-16)20-7-5-18(11-22(20)27)34-24-14-33-13-23(24)32/h3,5-11,15,17,23-24,30-32H,12-14H2,1H3/t15-,17-,23+,24?/m0/s1. The van der Waals surface area contributed by atoms with Crippen LogP contribution in [0.3, 0.4) is 0 Å². The number of hydrogen-bond acceptors (Lipinski definition) is 6. The first-order valence-corrected chi connectivity index (χ1v) is 10.7. The van der Waals surface area contributed by atoms with E-state index in [2.05, 4.69) is 16.8 Å². The average Bonchev–Trinajstić information content (AvgIpc) is 3.45. The Hall–Kier alpha value is -3.29. The van der Waals surface area contributed by atoms with Crippen LogP contribution in [0.1, 0.15) is 30.5 Å². The number of aliphatic hydroxyl groups is 3. The second-order valence-corrected chi connectivity index (χ2v) is 7.93. The highest BCUT2D eigenvalue weighted by atomic mass is 19.1. The molecular formula is C25H24F2N2O5. The van der Waals surface area contributed by atoms with Gasteiger partial charge in [-0.25, -0.2) is 13.8 Å². The largest absolute Gasteiger partial charge is 0.485 e. The molecule has 3 N–H and O–H groups in total. The van der Waals surface area contributed by atoms with E-state index in [-0.39, 0.29) is 36.7 Å². The number of hydrogen-bond donors (Lipinski definition) is 3. The van der Waals surface area contributed by atoms with Crippen LogP contribution in [0.2, 0.25) is 0 Å². The third-order valence-corrected chi connectivity index (χ3v) is 5.45. The zero-order valence-electron chi connectivity index (χ0n) is 18.4. The topological polar surface area (TPSA) is 97.0 Å². The van der Waals surface area contributed by atoms with Crippen LogP contribution in [-0.4, -0.2) is 56.9 Å². The SMILES string of the molecule is C[C@H](O)c1nccn1[C@@H](C#Cc1ccc(-c2ccc(OC3COC[C@H]3O)cc2F)c(F)c1)CO. The minimum absolute atomic E-state index is 0.0563. The summed E-state index contributed by atoms with van der Waals surface area (Å²) in [6.07, 6.45) is 0.881. The van der Waals surface area contributed by atoms with Crippen molar-refractivity contribution >= 4 is 0 Å². The van der Waals surface area contributed by atoms with E-state index < -0.39 is 36.0 Å². The molecule has 2 heterocycles. The number of benzene rings is 2. The molecule has 1 aromatic heterocycles. The van der Waals surface area contributed by atoms with Crippen LogP contribution >= 0.6 is 0 Å². The molecule has 1 aliphatic heterocycles. The monoisotopic (exact) mass is 470 g/mol. The third-order valence-electron chi connectivity index (χ3n) is 5.45. The van der Waals surface area contributed by atoms with Crippen LogP contribution in [0.15, 0.2) is 48.8 Å². The summed E-state index contributed by atoms with van der Waals surface area (Å²) in [5.74, 6) is 4.89. The minimum Gasteiger partial charge on any atom is -0.485 e. The van der Waals surface area contributed by atoms with Crippen molar-refractivity contribution in [1.82, 2.24) is 9.55 Å². The van der Waals surface area contributed by atoms with Crippen molar-refractivity contribution in [2.45, 2.75) is 31.3 Å². The van der Waals surface area contributed by atoms with Gasteiger partial charge in [0.2, 0.25) is 0 Å². The van der Waals surface area contributed by atoms with E-state index in [0.717, 1.165) is 6.07 Å². The zero-order valence-corrected chi connectivity index (χ0v) is 18.4. The molecule has 1 saturated heterocycles. The van der Waals surface area contributed by atoms with Crippen molar-refractivity contribution in [2.24, 2.45) is 0 Å². The first kappa shape index (κ1) is 23.9. The number of rotatable bonds is 6. The van der Waals surface area contributed by atoms with Gasteiger partial charge in [0.1, 0.15) is 47.6 Å². The summed E-state index contributed by atoms with van der Waals surface area (Å²) >= 11 is 0. The van der Waals surface area contributed by atoms with E-state index in [4.69, 9.17) is 9.47 Å². The summed E-state index contributed by atoms with van der Waals surface area (Å²) in [5, 5.41) is 29.3. The summed E-state index contributed by atoms with van der Waals surface area (Å²) in [7, 11) is 0. The molecule has 0 saturated carbocycles. The lowest BCUT2D eigenvalue weighted by Gasteiger charge is -2.16. The molecule has 9 heteroatoms. The quantitative estimate of drug-likeness (QED) is 0.480. The zero-order chi connectivity index (χ0) is 24.2. The Kier molecular flexibility index (Phi) is 7.24. The van der Waals surface area contributed by atoms with Crippen molar-refractivity contribution in [1.29, 1.82) is 0 Å². The Morgan fingerprint density at radius 2 is 1.91 bits per heavy atom. The summed E-state index contributed by atoms with van der Waals surface area (Å²) in [6.45, 7) is 1.60. The molecule has 2 aromatic carbocycles. The first-order chi connectivity index (χ1) is 16.4. The van der Waals surface area contributed by atoms with Crippen molar-refractivity contribution < 1.29 is 33.6 Å². The van der Waals surface area contributed by atoms with Crippen LogP contribution in [-0.2, 0) is 4.74 Å². The highest BCUT2D eigenvalue weighted by Gasteiger charge is 2.28. The number of aromatic nitrogens is 2. The lowest BCUT2D eigenvalue weighted by Crippen LogP contribution is -2.29. The molecule has 7 nitrogen and oxygen atoms in total. The maximum absolute atomic E-state index is 14.8. The second-order valence-electron chi connectivity index (χ2n) is 7.93. The summed E-state index contributed by atoms with van der Waals surface area (Å²) in [4.78, 5) is 4.06. The molecule has 178 valence electrons. The molecular weight excluding hydrogens is 446 g/mol. The van der Waals surface area contributed by atoms with Crippen LogP contribution in [0.5, 0.6) is 5.75 Å². The van der Waals surface area contributed by atoms with Gasteiger partial charge in [0.15, 0.2) is 0 Å². The van der Waals surface area contributed by atoms with Crippen molar-refractivity contribution in [2.75, 3.05) is 19.8 Å². The van der Waals surface area contributed by atoms with Crippen LogP contribution < -0.4 is 4.74 Å². The van der Waals surface area contributed by atoms with Gasteiger partial charge in [0.05, 0.1) is 19.8 Å². The van der Waals surface area contributed by atoms with Gasteiger partial charge < -0.3 is 29.4 Å². The second kappa shape index (κ2) is 10.3. The molecule has 0 spiro atoms. The van der Waals surface area contributed by atoms with E-state index in [0.29, 0.717) is 11.4 Å². The van der Waals surface area contributed by atoms with E-state index in [1.807, 2.05) is 0 Å². The number of aliphatic hydroxyl groups excluding tert-OH is 3. The number of halogens is 2. The minimum atomic E-state index is -0.842. The fraction of sp³-hybridized carbons (Fsp3) is 0.320. The van der Waals surface area contributed by atoms with E-state index in [1.54, 1.807) is 23.8 Å². The van der Waals surface area contributed by atoms with Gasteiger partial charge in [-0.3, -0.25) is 0 Å². The molecule has 34 heavy (non-hydrogen) atoms. The van der Waals surface area contributed by atoms with Crippen LogP contribution in [0.25, 0.3) is 11.1 Å². The predicted molar refractivity (Wildman–Crippen MR) is 119 cm³/mol. The summed E-state index contributed by atoms with van der Waals surface area (Å²) in [5.41, 5.74) is 0.457. The molecule has 3 aromatic rings. The maximum atomic E-state index is 14.8. The Balaban J connectivity index is 1.53. The van der Waals surface area contributed by atoms with Gasteiger partial charge in [-0.1, -0.05) is 17.9 Å². The molecule has 4 rings (SSSR count). The molecule has 0 bridgehead atoms. The predicted octanol–water partition coefficient (Wildman–Crippen LogP) is 2.61. The average molecular weight is 470 g/mol. The van der Waals surface area contributed by atoms with E-state index >= 15 is 0 Å². The van der Waals surface area contributed by atoms with Gasteiger partial charge in [0.25, 0.3) is 0 Å². The summed E-state index contributed by atoms with van der Waals surface area (Å²) < 4.78 is 41.8. The van der Waals surface area contributed by atoms with Gasteiger partial charge in [0, 0.05) is 35.2 Å². The van der Waals surface area contributed by atoms with Crippen LogP contribution in [0, 0.1) is 23.5 Å². The molecule has 1 aliphatic rings. The molecule has 0 radical (unpaired) electrons. The number of imidazole rings is 1. The summed E-state index contributed by atoms with van der Waals surface area (Å²) in [6, 6.07) is 7.56. The van der Waals surface area contributed by atoms with E-state index in [1.165, 1.54) is 30.5 Å². The third kappa shape index (κ3) is 5.11. The molecule has 1 fully saturated rings. The highest BCUT2D eigenvalue weighted by Crippen LogP contribution is 2.30. The van der Waals surface area contributed by atoms with Gasteiger partial charge >= 0.3 is 0 Å². The molecule has 0 amide bonds. The van der Waals surface area contributed by atoms with Gasteiger partial charge in [-0.15, -0.1) is 0 Å². The molecule has 4 atom stereocenters. The van der Waals surface area contributed by atoms with Gasteiger partial charge in [-0.2, -0.15) is 0 Å². The van der Waals surface area contributed by atoms with Gasteiger partial charge in [-0.05, 0) is 31.2 Å². The van der Waals surface area contributed by atoms with E-state index in [9.17, 15) is 24.1 Å². The Morgan fingerprint density at radius 3 is 2.53 bits per heavy atom. The molecule has 1 unspecified atom stereocenters. The fourth-order valence-corrected chi connectivity index (χ4v) is 3.69. The Morgan fingerprint density at radius 1 is 1.18 bits per heavy atom. The maximum Gasteiger partial charge on any atom is 0.150 e. The normalized spacial score (nSPS) is 19.4. The van der Waals surface area contributed by atoms with Crippen molar-refractivity contribution in [3.8, 4) is 28.7 Å². The lowest BCUT2D eigenvalue weighted by molar-refractivity contribution is 0.0731. The first-order valence-electron chi connectivity index (χ1n) is 10.7. The highest BCUT2D eigenvalue weighted by molar-refractivity contribution is 5.66. The number of nitrogens with zero attached hydrogens (tertiary/aromatic N) is 2. The molecule has 0 aliphatic carbocycles. The number of ether oxygens (including phenoxy) is 2. The Labute approximate surface area is 195 Å². The van der Waals surface area contributed by atoms with Crippen molar-refractivity contribution in [3.05, 3.63) is 71.8 Å².